The molecule has 2 rings (SSSR count). The van der Waals surface area contributed by atoms with Crippen LogP contribution in [0, 0.1) is 0 Å². The highest BCUT2D eigenvalue weighted by atomic mass is 16.5. The molecule has 6 heteroatoms. The molecule has 0 bridgehead atoms. The molecule has 0 atom stereocenters. The molecule has 24 heavy (non-hydrogen) atoms. The number of amides is 2. The first-order valence-electron chi connectivity index (χ1n) is 8.44. The van der Waals surface area contributed by atoms with E-state index in [1.165, 1.54) is 0 Å². The van der Waals surface area contributed by atoms with E-state index >= 15 is 0 Å². The molecule has 0 spiro atoms. The molecule has 0 saturated carbocycles. The van der Waals surface area contributed by atoms with Gasteiger partial charge < -0.3 is 19.3 Å². The Hall–Kier alpha value is -2.08. The standard InChI is InChI=1S/C18H26N2O4/c1-3-24-16-7-5-15(6-8-16)18(22)20-11-4-10-19(12-13-20)17(21)9-14-23-2/h5-8H,3-4,9-14H2,1-2H3. The minimum Gasteiger partial charge on any atom is -0.494 e. The maximum absolute atomic E-state index is 12.6. The number of hydrogen-bond acceptors (Lipinski definition) is 4. The number of methoxy groups -OCH3 is 1. The van der Waals surface area contributed by atoms with Gasteiger partial charge in [-0.2, -0.15) is 0 Å². The summed E-state index contributed by atoms with van der Waals surface area (Å²) in [6.45, 7) is 5.46. The molecule has 132 valence electrons. The lowest BCUT2D eigenvalue weighted by Gasteiger charge is -2.22. The van der Waals surface area contributed by atoms with Gasteiger partial charge in [-0.15, -0.1) is 0 Å². The minimum absolute atomic E-state index is 0.00392. The third-order valence-corrected chi connectivity index (χ3v) is 4.07. The van der Waals surface area contributed by atoms with Crippen LogP contribution in [0.1, 0.15) is 30.1 Å². The highest BCUT2D eigenvalue weighted by Gasteiger charge is 2.22. The Labute approximate surface area is 143 Å². The van der Waals surface area contributed by atoms with Crippen molar-refractivity contribution in [3.05, 3.63) is 29.8 Å². The van der Waals surface area contributed by atoms with Crippen molar-refractivity contribution in [1.82, 2.24) is 9.80 Å². The maximum atomic E-state index is 12.6. The Balaban J connectivity index is 1.92. The van der Waals surface area contributed by atoms with Crippen LogP contribution in [0.15, 0.2) is 24.3 Å². The molecule has 0 aliphatic carbocycles. The fraction of sp³-hybridized carbons (Fsp3) is 0.556. The maximum Gasteiger partial charge on any atom is 0.253 e. The summed E-state index contributed by atoms with van der Waals surface area (Å²) in [4.78, 5) is 28.4. The van der Waals surface area contributed by atoms with Gasteiger partial charge in [-0.3, -0.25) is 9.59 Å². The second-order valence-electron chi connectivity index (χ2n) is 5.73. The Kier molecular flexibility index (Phi) is 7.06. The Morgan fingerprint density at radius 1 is 1.04 bits per heavy atom. The van der Waals surface area contributed by atoms with Crippen molar-refractivity contribution >= 4 is 11.8 Å². The average molecular weight is 334 g/mol. The van der Waals surface area contributed by atoms with Crippen LogP contribution in [0.2, 0.25) is 0 Å². The highest BCUT2D eigenvalue weighted by Crippen LogP contribution is 2.15. The molecule has 2 amide bonds. The van der Waals surface area contributed by atoms with Gasteiger partial charge in [0.1, 0.15) is 5.75 Å². The van der Waals surface area contributed by atoms with E-state index in [-0.39, 0.29) is 11.8 Å². The summed E-state index contributed by atoms with van der Waals surface area (Å²) in [5, 5.41) is 0. The van der Waals surface area contributed by atoms with E-state index in [0.717, 1.165) is 12.2 Å². The summed E-state index contributed by atoms with van der Waals surface area (Å²) in [7, 11) is 1.59. The summed E-state index contributed by atoms with van der Waals surface area (Å²) < 4.78 is 10.4. The average Bonchev–Trinajstić information content (AvgIpc) is 2.86. The first-order valence-corrected chi connectivity index (χ1v) is 8.44. The summed E-state index contributed by atoms with van der Waals surface area (Å²) in [5.74, 6) is 0.858. The monoisotopic (exact) mass is 334 g/mol. The SMILES string of the molecule is CCOc1ccc(C(=O)N2CCCN(C(=O)CCOC)CC2)cc1. The molecule has 1 aromatic carbocycles. The lowest BCUT2D eigenvalue weighted by atomic mass is 10.2. The molecule has 1 aliphatic heterocycles. The van der Waals surface area contributed by atoms with Gasteiger partial charge in [0.05, 0.1) is 19.6 Å². The molecular formula is C18H26N2O4. The van der Waals surface area contributed by atoms with Gasteiger partial charge >= 0.3 is 0 Å². The largest absolute Gasteiger partial charge is 0.494 e. The van der Waals surface area contributed by atoms with Crippen LogP contribution in [-0.4, -0.2) is 68.1 Å². The van der Waals surface area contributed by atoms with E-state index in [4.69, 9.17) is 9.47 Å². The third-order valence-electron chi connectivity index (χ3n) is 4.07. The molecule has 1 heterocycles. The predicted octanol–water partition coefficient (Wildman–Crippen LogP) is 1.80. The zero-order valence-corrected chi connectivity index (χ0v) is 14.5. The normalized spacial score (nSPS) is 15.1. The topological polar surface area (TPSA) is 59.1 Å². The molecule has 1 aliphatic rings. The second kappa shape index (κ2) is 9.27. The third kappa shape index (κ3) is 4.96. The first kappa shape index (κ1) is 18.3. The van der Waals surface area contributed by atoms with Crippen molar-refractivity contribution in [2.45, 2.75) is 19.8 Å². The van der Waals surface area contributed by atoms with Crippen molar-refractivity contribution in [1.29, 1.82) is 0 Å². The van der Waals surface area contributed by atoms with Crippen LogP contribution in [0.3, 0.4) is 0 Å². The number of carbonyl (C=O) groups excluding carboxylic acids is 2. The number of rotatable bonds is 6. The Morgan fingerprint density at radius 2 is 1.71 bits per heavy atom. The molecular weight excluding hydrogens is 308 g/mol. The van der Waals surface area contributed by atoms with Gasteiger partial charge in [0.15, 0.2) is 0 Å². The lowest BCUT2D eigenvalue weighted by Crippen LogP contribution is -2.37. The van der Waals surface area contributed by atoms with Crippen LogP contribution in [0.25, 0.3) is 0 Å². The van der Waals surface area contributed by atoms with E-state index in [1.54, 1.807) is 19.2 Å². The summed E-state index contributed by atoms with van der Waals surface area (Å²) >= 11 is 0. The number of benzene rings is 1. The van der Waals surface area contributed by atoms with Crippen LogP contribution >= 0.6 is 0 Å². The van der Waals surface area contributed by atoms with E-state index < -0.39 is 0 Å². The van der Waals surface area contributed by atoms with Crippen LogP contribution in [-0.2, 0) is 9.53 Å². The van der Waals surface area contributed by atoms with Crippen LogP contribution in [0.4, 0.5) is 0 Å². The predicted molar refractivity (Wildman–Crippen MR) is 91.2 cm³/mol. The number of carbonyl (C=O) groups is 2. The van der Waals surface area contributed by atoms with Gasteiger partial charge in [0, 0.05) is 38.9 Å². The fourth-order valence-electron chi connectivity index (χ4n) is 2.76. The fourth-order valence-corrected chi connectivity index (χ4v) is 2.76. The minimum atomic E-state index is 0.00392. The number of ether oxygens (including phenoxy) is 2. The number of hydrogen-bond donors (Lipinski definition) is 0. The van der Waals surface area contributed by atoms with Gasteiger partial charge in [-0.25, -0.2) is 0 Å². The van der Waals surface area contributed by atoms with Gasteiger partial charge in [0.2, 0.25) is 5.91 Å². The van der Waals surface area contributed by atoms with E-state index in [0.29, 0.717) is 51.4 Å². The van der Waals surface area contributed by atoms with Crippen LogP contribution in [0.5, 0.6) is 5.75 Å². The molecule has 0 radical (unpaired) electrons. The molecule has 6 nitrogen and oxygen atoms in total. The smallest absolute Gasteiger partial charge is 0.253 e. The second-order valence-corrected chi connectivity index (χ2v) is 5.73. The van der Waals surface area contributed by atoms with E-state index in [1.807, 2.05) is 28.9 Å². The van der Waals surface area contributed by atoms with Gasteiger partial charge in [0.25, 0.3) is 5.91 Å². The van der Waals surface area contributed by atoms with Crippen molar-refractivity contribution in [2.24, 2.45) is 0 Å². The summed E-state index contributed by atoms with van der Waals surface area (Å²) in [6, 6.07) is 7.21. The molecule has 0 N–H and O–H groups in total. The molecule has 1 aromatic rings. The van der Waals surface area contributed by atoms with E-state index in [9.17, 15) is 9.59 Å². The quantitative estimate of drug-likeness (QED) is 0.796. The molecule has 0 unspecified atom stereocenters. The van der Waals surface area contributed by atoms with Gasteiger partial charge in [-0.05, 0) is 37.6 Å². The summed E-state index contributed by atoms with van der Waals surface area (Å²) in [6.07, 6.45) is 1.19. The zero-order chi connectivity index (χ0) is 17.4. The van der Waals surface area contributed by atoms with Gasteiger partial charge in [-0.1, -0.05) is 0 Å². The molecule has 1 fully saturated rings. The molecule has 0 aromatic heterocycles. The lowest BCUT2D eigenvalue weighted by molar-refractivity contribution is -0.132. The van der Waals surface area contributed by atoms with E-state index in [2.05, 4.69) is 0 Å². The highest BCUT2D eigenvalue weighted by molar-refractivity contribution is 5.94. The van der Waals surface area contributed by atoms with Crippen molar-refractivity contribution in [3.63, 3.8) is 0 Å². The first-order chi connectivity index (χ1) is 11.7. The zero-order valence-electron chi connectivity index (χ0n) is 14.5. The van der Waals surface area contributed by atoms with Crippen molar-refractivity contribution in [3.8, 4) is 5.75 Å². The van der Waals surface area contributed by atoms with Crippen molar-refractivity contribution in [2.75, 3.05) is 46.5 Å². The Bertz CT molecular complexity index is 544. The Morgan fingerprint density at radius 3 is 2.38 bits per heavy atom. The van der Waals surface area contributed by atoms with Crippen molar-refractivity contribution < 1.29 is 19.1 Å². The molecule has 1 saturated heterocycles. The number of nitrogens with zero attached hydrogens (tertiary/aromatic N) is 2. The van der Waals surface area contributed by atoms with Crippen LogP contribution < -0.4 is 4.74 Å². The summed E-state index contributed by atoms with van der Waals surface area (Å²) in [5.41, 5.74) is 0.651.